The highest BCUT2D eigenvalue weighted by atomic mass is 35.5. The standard InChI is InChI=1S/C15H11ClN4OS/c16-11-4-2-1-3-10(11)7-19-14(21)13-9-22-15(20-13)12-8-17-5-6-18-12/h1-6,8-9H,7H2,(H,19,21). The molecule has 0 spiro atoms. The molecule has 1 amide bonds. The van der Waals surface area contributed by atoms with Crippen molar-refractivity contribution >= 4 is 28.8 Å². The molecular formula is C15H11ClN4OS. The minimum absolute atomic E-state index is 0.244. The molecule has 1 N–H and O–H groups in total. The Morgan fingerprint density at radius 1 is 1.27 bits per heavy atom. The Morgan fingerprint density at radius 3 is 2.91 bits per heavy atom. The molecule has 22 heavy (non-hydrogen) atoms. The Hall–Kier alpha value is -2.31. The average molecular weight is 331 g/mol. The average Bonchev–Trinajstić information content (AvgIpc) is 3.05. The van der Waals surface area contributed by atoms with Crippen molar-refractivity contribution in [1.82, 2.24) is 20.3 Å². The zero-order valence-electron chi connectivity index (χ0n) is 11.4. The maximum atomic E-state index is 12.1. The molecule has 1 aromatic carbocycles. The van der Waals surface area contributed by atoms with Crippen LogP contribution in [0.15, 0.2) is 48.2 Å². The predicted molar refractivity (Wildman–Crippen MR) is 85.8 cm³/mol. The van der Waals surface area contributed by atoms with E-state index in [1.165, 1.54) is 11.3 Å². The van der Waals surface area contributed by atoms with E-state index < -0.39 is 0 Å². The SMILES string of the molecule is O=C(NCc1ccccc1Cl)c1csc(-c2cnccn2)n1. The topological polar surface area (TPSA) is 67.8 Å². The van der Waals surface area contributed by atoms with Gasteiger partial charge in [-0.25, -0.2) is 4.98 Å². The Labute approximate surface area is 136 Å². The largest absolute Gasteiger partial charge is 0.347 e. The molecule has 3 aromatic rings. The fourth-order valence-electron chi connectivity index (χ4n) is 1.81. The molecule has 0 bridgehead atoms. The zero-order chi connectivity index (χ0) is 15.4. The van der Waals surface area contributed by atoms with Crippen molar-refractivity contribution < 1.29 is 4.79 Å². The zero-order valence-corrected chi connectivity index (χ0v) is 12.9. The molecule has 7 heteroatoms. The van der Waals surface area contributed by atoms with Crippen LogP contribution < -0.4 is 5.32 Å². The first-order chi connectivity index (χ1) is 10.7. The molecule has 0 saturated carbocycles. The van der Waals surface area contributed by atoms with Gasteiger partial charge in [-0.15, -0.1) is 11.3 Å². The number of aromatic nitrogens is 3. The lowest BCUT2D eigenvalue weighted by Crippen LogP contribution is -2.23. The first kappa shape index (κ1) is 14.6. The van der Waals surface area contributed by atoms with Crippen molar-refractivity contribution in [3.05, 3.63) is 64.5 Å². The Kier molecular flexibility index (Phi) is 4.41. The highest BCUT2D eigenvalue weighted by Crippen LogP contribution is 2.21. The second kappa shape index (κ2) is 6.64. The first-order valence-corrected chi connectivity index (χ1v) is 7.73. The Balaban J connectivity index is 1.69. The smallest absolute Gasteiger partial charge is 0.271 e. The van der Waals surface area contributed by atoms with Gasteiger partial charge >= 0.3 is 0 Å². The van der Waals surface area contributed by atoms with E-state index in [-0.39, 0.29) is 5.91 Å². The first-order valence-electron chi connectivity index (χ1n) is 6.47. The summed E-state index contributed by atoms with van der Waals surface area (Å²) in [5.74, 6) is -0.244. The molecule has 0 saturated heterocycles. The third kappa shape index (κ3) is 3.29. The van der Waals surface area contributed by atoms with Crippen molar-refractivity contribution in [2.24, 2.45) is 0 Å². The number of rotatable bonds is 4. The van der Waals surface area contributed by atoms with Gasteiger partial charge < -0.3 is 5.32 Å². The molecule has 0 radical (unpaired) electrons. The molecule has 0 aliphatic rings. The van der Waals surface area contributed by atoms with Crippen LogP contribution in [0.25, 0.3) is 10.7 Å². The van der Waals surface area contributed by atoms with E-state index in [0.717, 1.165) is 5.56 Å². The van der Waals surface area contributed by atoms with Gasteiger partial charge in [0.25, 0.3) is 5.91 Å². The number of benzene rings is 1. The third-order valence-electron chi connectivity index (χ3n) is 2.92. The second-order valence-electron chi connectivity index (χ2n) is 4.40. The van der Waals surface area contributed by atoms with Crippen LogP contribution in [0, 0.1) is 0 Å². The molecule has 110 valence electrons. The third-order valence-corrected chi connectivity index (χ3v) is 4.15. The van der Waals surface area contributed by atoms with E-state index in [4.69, 9.17) is 11.6 Å². The quantitative estimate of drug-likeness (QED) is 0.797. The van der Waals surface area contributed by atoms with Crippen LogP contribution in [0.1, 0.15) is 16.1 Å². The van der Waals surface area contributed by atoms with Crippen LogP contribution in [-0.4, -0.2) is 20.9 Å². The lowest BCUT2D eigenvalue weighted by Gasteiger charge is -2.05. The molecule has 3 rings (SSSR count). The normalized spacial score (nSPS) is 10.4. The summed E-state index contributed by atoms with van der Waals surface area (Å²) >= 11 is 7.41. The van der Waals surface area contributed by atoms with E-state index in [2.05, 4.69) is 20.3 Å². The summed E-state index contributed by atoms with van der Waals surface area (Å²) in [4.78, 5) is 24.6. The maximum Gasteiger partial charge on any atom is 0.271 e. The highest BCUT2D eigenvalue weighted by molar-refractivity contribution is 7.13. The summed E-state index contributed by atoms with van der Waals surface area (Å²) in [6.07, 6.45) is 4.80. The Morgan fingerprint density at radius 2 is 2.14 bits per heavy atom. The molecule has 0 atom stereocenters. The molecule has 2 aromatic heterocycles. The Bertz CT molecular complexity index is 791. The summed E-state index contributed by atoms with van der Waals surface area (Å²) < 4.78 is 0. The van der Waals surface area contributed by atoms with Gasteiger partial charge in [0.2, 0.25) is 0 Å². The molecule has 0 aliphatic heterocycles. The van der Waals surface area contributed by atoms with Crippen LogP contribution >= 0.6 is 22.9 Å². The van der Waals surface area contributed by atoms with E-state index in [1.54, 1.807) is 30.0 Å². The summed E-state index contributed by atoms with van der Waals surface area (Å²) in [5.41, 5.74) is 1.87. The molecule has 2 heterocycles. The number of carbonyl (C=O) groups excluding carboxylic acids is 1. The summed E-state index contributed by atoms with van der Waals surface area (Å²) in [6, 6.07) is 7.39. The lowest BCUT2D eigenvalue weighted by molar-refractivity contribution is 0.0946. The van der Waals surface area contributed by atoms with E-state index in [1.807, 2.05) is 18.2 Å². The van der Waals surface area contributed by atoms with Gasteiger partial charge in [-0.05, 0) is 11.6 Å². The van der Waals surface area contributed by atoms with Gasteiger partial charge in [0.15, 0.2) is 0 Å². The predicted octanol–water partition coefficient (Wildman–Crippen LogP) is 3.18. The molecule has 0 aliphatic carbocycles. The lowest BCUT2D eigenvalue weighted by atomic mass is 10.2. The van der Waals surface area contributed by atoms with Crippen LogP contribution in [0.3, 0.4) is 0 Å². The van der Waals surface area contributed by atoms with Crippen LogP contribution in [0.2, 0.25) is 5.02 Å². The van der Waals surface area contributed by atoms with Crippen molar-refractivity contribution in [2.45, 2.75) is 6.54 Å². The summed E-state index contributed by atoms with van der Waals surface area (Å²) in [6.45, 7) is 0.358. The molecular weight excluding hydrogens is 320 g/mol. The van der Waals surface area contributed by atoms with Crippen molar-refractivity contribution in [3.8, 4) is 10.7 Å². The minimum atomic E-state index is -0.244. The van der Waals surface area contributed by atoms with Crippen LogP contribution in [-0.2, 0) is 6.54 Å². The minimum Gasteiger partial charge on any atom is -0.347 e. The molecule has 5 nitrogen and oxygen atoms in total. The van der Waals surface area contributed by atoms with Crippen molar-refractivity contribution in [3.63, 3.8) is 0 Å². The number of nitrogens with one attached hydrogen (secondary N) is 1. The highest BCUT2D eigenvalue weighted by Gasteiger charge is 2.12. The van der Waals surface area contributed by atoms with E-state index in [0.29, 0.717) is 28.0 Å². The van der Waals surface area contributed by atoms with Crippen LogP contribution in [0.5, 0.6) is 0 Å². The van der Waals surface area contributed by atoms with Gasteiger partial charge in [0.05, 0.1) is 6.20 Å². The van der Waals surface area contributed by atoms with Gasteiger partial charge in [0.1, 0.15) is 16.4 Å². The second-order valence-corrected chi connectivity index (χ2v) is 5.67. The van der Waals surface area contributed by atoms with Gasteiger partial charge in [-0.3, -0.25) is 14.8 Å². The van der Waals surface area contributed by atoms with E-state index in [9.17, 15) is 4.79 Å². The number of carbonyl (C=O) groups is 1. The van der Waals surface area contributed by atoms with Crippen LogP contribution in [0.4, 0.5) is 0 Å². The fraction of sp³-hybridized carbons (Fsp3) is 0.0667. The van der Waals surface area contributed by atoms with Gasteiger partial charge in [0, 0.05) is 29.3 Å². The molecule has 0 unspecified atom stereocenters. The number of hydrogen-bond acceptors (Lipinski definition) is 5. The number of hydrogen-bond donors (Lipinski definition) is 1. The van der Waals surface area contributed by atoms with E-state index >= 15 is 0 Å². The monoisotopic (exact) mass is 330 g/mol. The summed E-state index contributed by atoms with van der Waals surface area (Å²) in [5, 5.41) is 5.80. The van der Waals surface area contributed by atoms with Gasteiger partial charge in [-0.1, -0.05) is 29.8 Å². The fourth-order valence-corrected chi connectivity index (χ4v) is 2.78. The number of amides is 1. The number of halogens is 1. The summed E-state index contributed by atoms with van der Waals surface area (Å²) in [7, 11) is 0. The molecule has 0 fully saturated rings. The van der Waals surface area contributed by atoms with Crippen molar-refractivity contribution in [1.29, 1.82) is 0 Å². The van der Waals surface area contributed by atoms with Gasteiger partial charge in [-0.2, -0.15) is 0 Å². The maximum absolute atomic E-state index is 12.1. The number of nitrogens with zero attached hydrogens (tertiary/aromatic N) is 3. The number of thiazole rings is 1. The van der Waals surface area contributed by atoms with Crippen molar-refractivity contribution in [2.75, 3.05) is 0 Å².